The molecule has 2 rings (SSSR count). The zero-order chi connectivity index (χ0) is 15.2. The van der Waals surface area contributed by atoms with Gasteiger partial charge in [0, 0.05) is 31.5 Å². The van der Waals surface area contributed by atoms with Gasteiger partial charge in [0.1, 0.15) is 0 Å². The fraction of sp³-hybridized carbons (Fsp3) is 0.800. The summed E-state index contributed by atoms with van der Waals surface area (Å²) in [7, 11) is 0. The highest BCUT2D eigenvalue weighted by Crippen LogP contribution is 2.21. The summed E-state index contributed by atoms with van der Waals surface area (Å²) < 4.78 is 5.04. The van der Waals surface area contributed by atoms with Gasteiger partial charge in [0.25, 0.3) is 0 Å². The van der Waals surface area contributed by atoms with Gasteiger partial charge in [0.2, 0.25) is 11.8 Å². The normalized spacial score (nSPS) is 23.2. The molecule has 1 aromatic rings. The van der Waals surface area contributed by atoms with Crippen LogP contribution in [0.3, 0.4) is 0 Å². The Bertz CT molecular complexity index is 450. The van der Waals surface area contributed by atoms with E-state index in [1.807, 2.05) is 6.92 Å². The molecule has 1 aliphatic rings. The summed E-state index contributed by atoms with van der Waals surface area (Å²) in [5, 5.41) is 6.82. The minimum Gasteiger partial charge on any atom is -0.355 e. The number of nitrogens with one attached hydrogen (secondary N) is 1. The molecule has 6 heteroatoms. The summed E-state index contributed by atoms with van der Waals surface area (Å²) in [5.41, 5.74) is 0. The third kappa shape index (κ3) is 4.52. The van der Waals surface area contributed by atoms with E-state index in [0.29, 0.717) is 43.3 Å². The minimum absolute atomic E-state index is 0.0785. The summed E-state index contributed by atoms with van der Waals surface area (Å²) >= 11 is 0. The number of piperidine rings is 1. The maximum atomic E-state index is 12.0. The van der Waals surface area contributed by atoms with Crippen molar-refractivity contribution < 1.29 is 9.32 Å². The van der Waals surface area contributed by atoms with Gasteiger partial charge in [-0.1, -0.05) is 18.5 Å². The van der Waals surface area contributed by atoms with Gasteiger partial charge in [-0.3, -0.25) is 9.69 Å². The number of carbonyl (C=O) groups excluding carboxylic acids is 1. The first-order chi connectivity index (χ1) is 10.1. The van der Waals surface area contributed by atoms with Crippen molar-refractivity contribution in [1.82, 2.24) is 20.4 Å². The molecular formula is C15H26N4O2. The second-order valence-electron chi connectivity index (χ2n) is 5.86. The van der Waals surface area contributed by atoms with E-state index in [4.69, 9.17) is 4.52 Å². The van der Waals surface area contributed by atoms with Crippen LogP contribution in [0.1, 0.15) is 51.7 Å². The predicted octanol–water partition coefficient (Wildman–Crippen LogP) is 1.55. The number of rotatable bonds is 6. The topological polar surface area (TPSA) is 71.3 Å². The fourth-order valence-corrected chi connectivity index (χ4v) is 2.86. The van der Waals surface area contributed by atoms with E-state index in [1.165, 1.54) is 19.3 Å². The lowest BCUT2D eigenvalue weighted by atomic mass is 9.97. The third-order valence-electron chi connectivity index (χ3n) is 4.19. The third-order valence-corrected chi connectivity index (χ3v) is 4.19. The van der Waals surface area contributed by atoms with Gasteiger partial charge in [-0.15, -0.1) is 0 Å². The second-order valence-corrected chi connectivity index (χ2v) is 5.86. The lowest BCUT2D eigenvalue weighted by molar-refractivity contribution is -0.123. The van der Waals surface area contributed by atoms with Gasteiger partial charge in [-0.25, -0.2) is 0 Å². The van der Waals surface area contributed by atoms with Gasteiger partial charge < -0.3 is 9.84 Å². The van der Waals surface area contributed by atoms with E-state index >= 15 is 0 Å². The Labute approximate surface area is 126 Å². The zero-order valence-corrected chi connectivity index (χ0v) is 13.3. The number of hydrogen-bond donors (Lipinski definition) is 1. The Morgan fingerprint density at radius 3 is 2.71 bits per heavy atom. The Kier molecular flexibility index (Phi) is 5.73. The molecule has 1 aliphatic heterocycles. The SMILES string of the molecule is CCc1nc(CCNC(=O)CN2[C@H](C)CCC[C@@H]2C)no1. The smallest absolute Gasteiger partial charge is 0.234 e. The van der Waals surface area contributed by atoms with Crippen molar-refractivity contribution in [3.8, 4) is 0 Å². The second kappa shape index (κ2) is 7.54. The van der Waals surface area contributed by atoms with Gasteiger partial charge >= 0.3 is 0 Å². The van der Waals surface area contributed by atoms with Gasteiger partial charge in [-0.05, 0) is 26.7 Å². The molecule has 6 nitrogen and oxygen atoms in total. The van der Waals surface area contributed by atoms with Gasteiger partial charge in [-0.2, -0.15) is 4.98 Å². The molecule has 1 amide bonds. The van der Waals surface area contributed by atoms with Crippen LogP contribution in [0.4, 0.5) is 0 Å². The highest BCUT2D eigenvalue weighted by atomic mass is 16.5. The number of carbonyl (C=O) groups is 1. The molecular weight excluding hydrogens is 268 g/mol. The van der Waals surface area contributed by atoms with Crippen LogP contribution in [-0.4, -0.2) is 46.1 Å². The van der Waals surface area contributed by atoms with Crippen molar-refractivity contribution in [2.45, 2.75) is 65.0 Å². The van der Waals surface area contributed by atoms with E-state index in [9.17, 15) is 4.79 Å². The molecule has 118 valence electrons. The summed E-state index contributed by atoms with van der Waals surface area (Å²) in [5.74, 6) is 1.38. The van der Waals surface area contributed by atoms with Crippen LogP contribution >= 0.6 is 0 Å². The van der Waals surface area contributed by atoms with Crippen molar-refractivity contribution in [3.05, 3.63) is 11.7 Å². The summed E-state index contributed by atoms with van der Waals surface area (Å²) in [6.45, 7) is 7.41. The Balaban J connectivity index is 1.71. The maximum absolute atomic E-state index is 12.0. The molecule has 0 radical (unpaired) electrons. The highest BCUT2D eigenvalue weighted by Gasteiger charge is 2.26. The lowest BCUT2D eigenvalue weighted by Crippen LogP contribution is -2.48. The van der Waals surface area contributed by atoms with Crippen molar-refractivity contribution in [2.75, 3.05) is 13.1 Å². The number of aryl methyl sites for hydroxylation is 1. The number of aromatic nitrogens is 2. The molecule has 1 N–H and O–H groups in total. The van der Waals surface area contributed by atoms with Crippen LogP contribution in [0.5, 0.6) is 0 Å². The van der Waals surface area contributed by atoms with Crippen molar-refractivity contribution in [2.24, 2.45) is 0 Å². The number of amides is 1. The first-order valence-corrected chi connectivity index (χ1v) is 7.94. The van der Waals surface area contributed by atoms with E-state index in [0.717, 1.165) is 6.42 Å². The molecule has 0 aromatic carbocycles. The number of likely N-dealkylation sites (tertiary alicyclic amines) is 1. The molecule has 0 saturated carbocycles. The summed E-state index contributed by atoms with van der Waals surface area (Å²) in [6, 6.07) is 0.979. The van der Waals surface area contributed by atoms with Gasteiger partial charge in [0.15, 0.2) is 5.82 Å². The molecule has 0 aliphatic carbocycles. The zero-order valence-electron chi connectivity index (χ0n) is 13.3. The predicted molar refractivity (Wildman–Crippen MR) is 79.9 cm³/mol. The molecule has 0 spiro atoms. The Morgan fingerprint density at radius 1 is 1.38 bits per heavy atom. The molecule has 2 atom stereocenters. The lowest BCUT2D eigenvalue weighted by Gasteiger charge is -2.38. The van der Waals surface area contributed by atoms with Crippen molar-refractivity contribution in [1.29, 1.82) is 0 Å². The van der Waals surface area contributed by atoms with E-state index in [2.05, 4.69) is 34.2 Å². The molecule has 1 fully saturated rings. The summed E-state index contributed by atoms with van der Waals surface area (Å²) in [6.07, 6.45) is 4.98. The first kappa shape index (κ1) is 15.9. The fourth-order valence-electron chi connectivity index (χ4n) is 2.86. The van der Waals surface area contributed by atoms with E-state index < -0.39 is 0 Å². The Morgan fingerprint density at radius 2 is 2.10 bits per heavy atom. The maximum Gasteiger partial charge on any atom is 0.234 e. The van der Waals surface area contributed by atoms with Crippen LogP contribution in [-0.2, 0) is 17.6 Å². The monoisotopic (exact) mass is 294 g/mol. The molecule has 2 heterocycles. The average molecular weight is 294 g/mol. The van der Waals surface area contributed by atoms with Crippen LogP contribution in [0.25, 0.3) is 0 Å². The van der Waals surface area contributed by atoms with Crippen LogP contribution in [0, 0.1) is 0 Å². The summed E-state index contributed by atoms with van der Waals surface area (Å²) in [4.78, 5) is 18.6. The van der Waals surface area contributed by atoms with Crippen molar-refractivity contribution in [3.63, 3.8) is 0 Å². The standard InChI is InChI=1S/C15H26N4O2/c1-4-15-17-13(18-21-15)8-9-16-14(20)10-19-11(2)6-5-7-12(19)3/h11-12H,4-10H2,1-3H3,(H,16,20)/t11-,12+. The van der Waals surface area contributed by atoms with E-state index in [-0.39, 0.29) is 5.91 Å². The van der Waals surface area contributed by atoms with Crippen LogP contribution in [0.2, 0.25) is 0 Å². The molecule has 0 bridgehead atoms. The molecule has 1 aromatic heterocycles. The van der Waals surface area contributed by atoms with Gasteiger partial charge in [0.05, 0.1) is 6.54 Å². The molecule has 1 saturated heterocycles. The molecule has 21 heavy (non-hydrogen) atoms. The quantitative estimate of drug-likeness (QED) is 0.862. The first-order valence-electron chi connectivity index (χ1n) is 7.94. The average Bonchev–Trinajstić information content (AvgIpc) is 2.91. The van der Waals surface area contributed by atoms with Crippen molar-refractivity contribution >= 4 is 5.91 Å². The van der Waals surface area contributed by atoms with E-state index in [1.54, 1.807) is 0 Å². The number of hydrogen-bond acceptors (Lipinski definition) is 5. The number of nitrogens with zero attached hydrogens (tertiary/aromatic N) is 3. The largest absolute Gasteiger partial charge is 0.355 e. The minimum atomic E-state index is 0.0785. The van der Waals surface area contributed by atoms with Crippen LogP contribution < -0.4 is 5.32 Å². The Hall–Kier alpha value is -1.43. The molecule has 0 unspecified atom stereocenters. The highest BCUT2D eigenvalue weighted by molar-refractivity contribution is 5.78. The van der Waals surface area contributed by atoms with Crippen LogP contribution in [0.15, 0.2) is 4.52 Å².